The zero-order valence-corrected chi connectivity index (χ0v) is 17.6. The number of benzene rings is 2. The van der Waals surface area contributed by atoms with E-state index in [1.54, 1.807) is 23.1 Å². The molecule has 0 spiro atoms. The number of rotatable bonds is 6. The molecule has 0 bridgehead atoms. The fourth-order valence-corrected chi connectivity index (χ4v) is 3.53. The summed E-state index contributed by atoms with van der Waals surface area (Å²) in [6.45, 7) is 1.54. The number of hydrogen-bond donors (Lipinski definition) is 2. The third-order valence-corrected chi connectivity index (χ3v) is 5.35. The molecule has 0 aliphatic carbocycles. The number of halogens is 1. The predicted octanol–water partition coefficient (Wildman–Crippen LogP) is 2.25. The molecule has 162 valence electrons. The fraction of sp³-hybridized carbons (Fsp3) is 0.273. The molecule has 0 saturated carbocycles. The maximum absolute atomic E-state index is 12.4. The van der Waals surface area contributed by atoms with Crippen LogP contribution in [0.1, 0.15) is 35.3 Å². The molecule has 2 aromatic rings. The van der Waals surface area contributed by atoms with Crippen LogP contribution in [0.15, 0.2) is 54.6 Å². The van der Waals surface area contributed by atoms with Crippen molar-refractivity contribution in [1.82, 2.24) is 15.8 Å². The van der Waals surface area contributed by atoms with Gasteiger partial charge in [0.15, 0.2) is 6.61 Å². The minimum atomic E-state index is -0.715. The average Bonchev–Trinajstić information content (AvgIpc) is 3.17. The molecule has 1 heterocycles. The zero-order valence-electron chi connectivity index (χ0n) is 16.8. The van der Waals surface area contributed by atoms with Crippen LogP contribution in [0.2, 0.25) is 5.02 Å². The van der Waals surface area contributed by atoms with Crippen LogP contribution in [-0.4, -0.2) is 41.7 Å². The molecule has 0 radical (unpaired) electrons. The van der Waals surface area contributed by atoms with Gasteiger partial charge >= 0.3 is 5.97 Å². The number of ether oxygens (including phenoxy) is 1. The Morgan fingerprint density at radius 1 is 1.10 bits per heavy atom. The third kappa shape index (κ3) is 5.61. The molecule has 1 fully saturated rings. The maximum atomic E-state index is 12.4. The van der Waals surface area contributed by atoms with Crippen molar-refractivity contribution in [2.24, 2.45) is 5.92 Å². The third-order valence-electron chi connectivity index (χ3n) is 5.02. The molecular formula is C22H22ClN3O5. The standard InChI is InChI=1S/C22H22ClN3O5/c1-14(15-7-3-2-4-8-15)26-12-16(11-20(26)28)22(30)31-13-19(27)24-25-21(29)17-9-5-6-10-18(17)23/h2-10,14,16H,11-13H2,1H3,(H,24,27)(H,25,29)/t14-,16-/m1/s1. The molecule has 0 aromatic heterocycles. The van der Waals surface area contributed by atoms with Crippen molar-refractivity contribution < 1.29 is 23.9 Å². The average molecular weight is 444 g/mol. The second kappa shape index (κ2) is 10.1. The number of likely N-dealkylation sites (tertiary alicyclic amines) is 1. The lowest BCUT2D eigenvalue weighted by atomic mass is 10.1. The van der Waals surface area contributed by atoms with Gasteiger partial charge < -0.3 is 9.64 Å². The fourth-order valence-electron chi connectivity index (χ4n) is 3.31. The van der Waals surface area contributed by atoms with E-state index in [2.05, 4.69) is 10.9 Å². The second-order valence-corrected chi connectivity index (χ2v) is 7.53. The van der Waals surface area contributed by atoms with Crippen LogP contribution in [0.5, 0.6) is 0 Å². The maximum Gasteiger partial charge on any atom is 0.311 e. The molecule has 2 aromatic carbocycles. The molecule has 1 saturated heterocycles. The number of nitrogens with zero attached hydrogens (tertiary/aromatic N) is 1. The Morgan fingerprint density at radius 3 is 2.48 bits per heavy atom. The van der Waals surface area contributed by atoms with E-state index in [9.17, 15) is 19.2 Å². The van der Waals surface area contributed by atoms with Gasteiger partial charge in [-0.2, -0.15) is 0 Å². The van der Waals surface area contributed by atoms with Crippen molar-refractivity contribution in [1.29, 1.82) is 0 Å². The number of nitrogens with one attached hydrogen (secondary N) is 2. The molecule has 3 amide bonds. The van der Waals surface area contributed by atoms with Crippen LogP contribution in [0.4, 0.5) is 0 Å². The number of carbonyl (C=O) groups is 4. The van der Waals surface area contributed by atoms with E-state index in [-0.39, 0.29) is 35.5 Å². The van der Waals surface area contributed by atoms with Crippen LogP contribution >= 0.6 is 11.6 Å². The first-order valence-corrected chi connectivity index (χ1v) is 10.1. The van der Waals surface area contributed by atoms with Gasteiger partial charge in [0.2, 0.25) is 5.91 Å². The zero-order chi connectivity index (χ0) is 22.4. The summed E-state index contributed by atoms with van der Waals surface area (Å²) >= 11 is 5.92. The van der Waals surface area contributed by atoms with Crippen molar-refractivity contribution in [2.75, 3.05) is 13.2 Å². The van der Waals surface area contributed by atoms with Crippen LogP contribution < -0.4 is 10.9 Å². The van der Waals surface area contributed by atoms with E-state index in [4.69, 9.17) is 16.3 Å². The van der Waals surface area contributed by atoms with Gasteiger partial charge in [-0.1, -0.05) is 54.1 Å². The second-order valence-electron chi connectivity index (χ2n) is 7.12. The lowest BCUT2D eigenvalue weighted by Crippen LogP contribution is -2.44. The molecule has 1 aliphatic heterocycles. The van der Waals surface area contributed by atoms with Gasteiger partial charge in [-0.05, 0) is 24.6 Å². The highest BCUT2D eigenvalue weighted by Gasteiger charge is 2.38. The minimum absolute atomic E-state index is 0.0286. The normalized spacial score (nSPS) is 16.5. The Kier molecular flexibility index (Phi) is 7.25. The number of esters is 1. The highest BCUT2D eigenvalue weighted by Crippen LogP contribution is 2.28. The highest BCUT2D eigenvalue weighted by atomic mass is 35.5. The smallest absolute Gasteiger partial charge is 0.311 e. The Hall–Kier alpha value is -3.39. The Bertz CT molecular complexity index is 982. The first kappa shape index (κ1) is 22.3. The van der Waals surface area contributed by atoms with Crippen LogP contribution in [0.3, 0.4) is 0 Å². The molecule has 2 atom stereocenters. The van der Waals surface area contributed by atoms with Gasteiger partial charge in [0, 0.05) is 13.0 Å². The van der Waals surface area contributed by atoms with Crippen LogP contribution in [0.25, 0.3) is 0 Å². The first-order chi connectivity index (χ1) is 14.9. The van der Waals surface area contributed by atoms with Crippen LogP contribution in [0, 0.1) is 5.92 Å². The molecule has 3 rings (SSSR count). The van der Waals surface area contributed by atoms with Crippen molar-refractivity contribution in [3.8, 4) is 0 Å². The summed E-state index contributed by atoms with van der Waals surface area (Å²) in [5.74, 6) is -2.74. The predicted molar refractivity (Wildman–Crippen MR) is 113 cm³/mol. The monoisotopic (exact) mass is 443 g/mol. The number of hydrazine groups is 1. The Balaban J connectivity index is 1.45. The Morgan fingerprint density at radius 2 is 1.77 bits per heavy atom. The van der Waals surface area contributed by atoms with Gasteiger partial charge in [-0.3, -0.25) is 30.0 Å². The van der Waals surface area contributed by atoms with Crippen molar-refractivity contribution in [3.05, 3.63) is 70.7 Å². The van der Waals surface area contributed by atoms with Gasteiger partial charge in [-0.15, -0.1) is 0 Å². The quantitative estimate of drug-likeness (QED) is 0.526. The molecular weight excluding hydrogens is 422 g/mol. The summed E-state index contributed by atoms with van der Waals surface area (Å²) < 4.78 is 5.02. The van der Waals surface area contributed by atoms with Gasteiger partial charge in [-0.25, -0.2) is 0 Å². The van der Waals surface area contributed by atoms with E-state index < -0.39 is 30.3 Å². The summed E-state index contributed by atoms with van der Waals surface area (Å²) in [6.07, 6.45) is 0.0286. The lowest BCUT2D eigenvalue weighted by Gasteiger charge is -2.25. The van der Waals surface area contributed by atoms with E-state index in [1.807, 2.05) is 37.3 Å². The SMILES string of the molecule is C[C@H](c1ccccc1)N1C[C@H](C(=O)OCC(=O)NNC(=O)c2ccccc2Cl)CC1=O. The van der Waals surface area contributed by atoms with Crippen molar-refractivity contribution in [2.45, 2.75) is 19.4 Å². The highest BCUT2D eigenvalue weighted by molar-refractivity contribution is 6.33. The number of hydrogen-bond acceptors (Lipinski definition) is 5. The van der Waals surface area contributed by atoms with Crippen LogP contribution in [-0.2, 0) is 19.1 Å². The number of carbonyl (C=O) groups excluding carboxylic acids is 4. The van der Waals surface area contributed by atoms with Crippen molar-refractivity contribution in [3.63, 3.8) is 0 Å². The molecule has 0 unspecified atom stereocenters. The number of amides is 3. The van der Waals surface area contributed by atoms with Crippen molar-refractivity contribution >= 4 is 35.3 Å². The first-order valence-electron chi connectivity index (χ1n) is 9.71. The Labute approximate surface area is 184 Å². The topological polar surface area (TPSA) is 105 Å². The molecule has 2 N–H and O–H groups in total. The molecule has 9 heteroatoms. The van der Waals surface area contributed by atoms with Gasteiger partial charge in [0.05, 0.1) is 22.5 Å². The van der Waals surface area contributed by atoms with Gasteiger partial charge in [0.1, 0.15) is 0 Å². The van der Waals surface area contributed by atoms with E-state index in [0.717, 1.165) is 5.56 Å². The lowest BCUT2D eigenvalue weighted by molar-refractivity contribution is -0.152. The molecule has 31 heavy (non-hydrogen) atoms. The summed E-state index contributed by atoms with van der Waals surface area (Å²) in [5, 5.41) is 0.237. The summed E-state index contributed by atoms with van der Waals surface area (Å²) in [5.41, 5.74) is 5.53. The summed E-state index contributed by atoms with van der Waals surface area (Å²) in [4.78, 5) is 50.2. The minimum Gasteiger partial charge on any atom is -0.455 e. The van der Waals surface area contributed by atoms with E-state index >= 15 is 0 Å². The van der Waals surface area contributed by atoms with E-state index in [1.165, 1.54) is 6.07 Å². The molecule has 1 aliphatic rings. The molecule has 8 nitrogen and oxygen atoms in total. The summed E-state index contributed by atoms with van der Waals surface area (Å²) in [7, 11) is 0. The summed E-state index contributed by atoms with van der Waals surface area (Å²) in [6, 6.07) is 15.7. The van der Waals surface area contributed by atoms with E-state index in [0.29, 0.717) is 0 Å². The van der Waals surface area contributed by atoms with Gasteiger partial charge in [0.25, 0.3) is 11.8 Å². The largest absolute Gasteiger partial charge is 0.455 e.